The Morgan fingerprint density at radius 3 is 2.06 bits per heavy atom. The number of hydrogen-bond acceptors (Lipinski definition) is 4. The first-order valence-electron chi connectivity index (χ1n) is 13.1. The van der Waals surface area contributed by atoms with Crippen LogP contribution in [0.5, 0.6) is 5.75 Å². The Morgan fingerprint density at radius 2 is 1.44 bits per heavy atom. The molecule has 0 spiro atoms. The Kier molecular flexibility index (Phi) is 9.34. The van der Waals surface area contributed by atoms with Crippen molar-refractivity contribution < 1.29 is 19.0 Å². The number of carbonyl (C=O) groups is 1. The van der Waals surface area contributed by atoms with Gasteiger partial charge in [-0.3, -0.25) is 0 Å². The van der Waals surface area contributed by atoms with E-state index in [1.807, 2.05) is 31.2 Å². The lowest BCUT2D eigenvalue weighted by Crippen LogP contribution is -2.29. The first kappa shape index (κ1) is 25.7. The molecule has 0 radical (unpaired) electrons. The maximum Gasteiger partial charge on any atom is 0.335 e. The molecule has 3 aromatic rings. The van der Waals surface area contributed by atoms with Crippen molar-refractivity contribution in [3.05, 3.63) is 95.6 Å². The Hall–Kier alpha value is -3.37. The molecule has 0 aromatic heterocycles. The summed E-state index contributed by atoms with van der Waals surface area (Å²) >= 11 is 0. The lowest BCUT2D eigenvalue weighted by atomic mass is 10.0. The van der Waals surface area contributed by atoms with Crippen LogP contribution in [0.25, 0.3) is 16.7 Å². The second-order valence-electron chi connectivity index (χ2n) is 9.04. The Morgan fingerprint density at radius 1 is 0.806 bits per heavy atom. The first-order chi connectivity index (χ1) is 17.7. The molecule has 1 aliphatic rings. The van der Waals surface area contributed by atoms with Gasteiger partial charge in [-0.05, 0) is 64.9 Å². The molecule has 4 heteroatoms. The fourth-order valence-electron chi connectivity index (χ4n) is 4.63. The molecule has 0 N–H and O–H groups in total. The molecule has 4 rings (SSSR count). The molecule has 0 heterocycles. The zero-order chi connectivity index (χ0) is 25.2. The summed E-state index contributed by atoms with van der Waals surface area (Å²) in [5, 5.41) is 0. The highest BCUT2D eigenvalue weighted by molar-refractivity contribution is 6.01. The molecule has 1 atom stereocenters. The average molecular weight is 485 g/mol. The van der Waals surface area contributed by atoms with Gasteiger partial charge >= 0.3 is 5.97 Å². The first-order valence-corrected chi connectivity index (χ1v) is 13.1. The summed E-state index contributed by atoms with van der Waals surface area (Å²) in [4.78, 5) is 12.5. The number of esters is 1. The molecular weight excluding hydrogens is 448 g/mol. The van der Waals surface area contributed by atoms with Crippen LogP contribution in [0.1, 0.15) is 56.2 Å². The largest absolute Gasteiger partial charge is 0.490 e. The number of carbonyl (C=O) groups excluding carboxylic acids is 1. The summed E-state index contributed by atoms with van der Waals surface area (Å²) < 4.78 is 17.2. The Balaban J connectivity index is 1.33. The van der Waals surface area contributed by atoms with Crippen LogP contribution in [0.2, 0.25) is 0 Å². The van der Waals surface area contributed by atoms with Crippen LogP contribution < -0.4 is 4.74 Å². The van der Waals surface area contributed by atoms with Gasteiger partial charge < -0.3 is 14.2 Å². The SMILES string of the molecule is CCCCCCOC(=O)C(Cc1ccc(OCC=C2c3ccccc3-c3ccccc32)cc1)OCC. The van der Waals surface area contributed by atoms with Crippen molar-refractivity contribution in [2.24, 2.45) is 0 Å². The third kappa shape index (κ3) is 6.44. The maximum absolute atomic E-state index is 12.5. The van der Waals surface area contributed by atoms with E-state index in [9.17, 15) is 4.79 Å². The fourth-order valence-corrected chi connectivity index (χ4v) is 4.63. The van der Waals surface area contributed by atoms with Crippen LogP contribution in [0.15, 0.2) is 78.9 Å². The molecule has 0 fully saturated rings. The zero-order valence-electron chi connectivity index (χ0n) is 21.4. The predicted octanol–water partition coefficient (Wildman–Crippen LogP) is 7.25. The van der Waals surface area contributed by atoms with Gasteiger partial charge in [-0.2, -0.15) is 0 Å². The lowest BCUT2D eigenvalue weighted by molar-refractivity contribution is -0.157. The maximum atomic E-state index is 12.5. The van der Waals surface area contributed by atoms with E-state index < -0.39 is 6.10 Å². The van der Waals surface area contributed by atoms with Crippen molar-refractivity contribution in [2.45, 2.75) is 52.1 Å². The Labute approximate surface area is 214 Å². The smallest absolute Gasteiger partial charge is 0.335 e. The van der Waals surface area contributed by atoms with E-state index in [1.54, 1.807) is 0 Å². The molecule has 0 saturated carbocycles. The topological polar surface area (TPSA) is 44.8 Å². The summed E-state index contributed by atoms with van der Waals surface area (Å²) in [6, 6.07) is 24.9. The van der Waals surface area contributed by atoms with Gasteiger partial charge in [-0.15, -0.1) is 0 Å². The van der Waals surface area contributed by atoms with Crippen LogP contribution >= 0.6 is 0 Å². The minimum Gasteiger partial charge on any atom is -0.490 e. The predicted molar refractivity (Wildman–Crippen MR) is 145 cm³/mol. The summed E-state index contributed by atoms with van der Waals surface area (Å²) in [6.45, 7) is 5.47. The quantitative estimate of drug-likeness (QED) is 0.148. The van der Waals surface area contributed by atoms with E-state index >= 15 is 0 Å². The van der Waals surface area contributed by atoms with Gasteiger partial charge in [0.25, 0.3) is 0 Å². The number of benzene rings is 3. The highest BCUT2D eigenvalue weighted by Crippen LogP contribution is 2.43. The van der Waals surface area contributed by atoms with Crippen LogP contribution in [0.4, 0.5) is 0 Å². The number of ether oxygens (including phenoxy) is 3. The van der Waals surface area contributed by atoms with E-state index in [0.717, 1.165) is 30.6 Å². The third-order valence-corrected chi connectivity index (χ3v) is 6.48. The molecule has 4 nitrogen and oxygen atoms in total. The Bertz CT molecular complexity index is 1120. The van der Waals surface area contributed by atoms with E-state index in [0.29, 0.717) is 26.2 Å². The van der Waals surface area contributed by atoms with Crippen molar-refractivity contribution in [1.29, 1.82) is 0 Å². The number of unbranched alkanes of at least 4 members (excludes halogenated alkanes) is 3. The highest BCUT2D eigenvalue weighted by atomic mass is 16.6. The van der Waals surface area contributed by atoms with Crippen LogP contribution in [-0.4, -0.2) is 31.9 Å². The molecule has 0 aliphatic heterocycles. The summed E-state index contributed by atoms with van der Waals surface area (Å²) in [5.74, 6) is 0.513. The number of rotatable bonds is 13. The summed E-state index contributed by atoms with van der Waals surface area (Å²) in [6.07, 6.45) is 6.37. The van der Waals surface area contributed by atoms with Crippen molar-refractivity contribution in [1.82, 2.24) is 0 Å². The highest BCUT2D eigenvalue weighted by Gasteiger charge is 2.22. The van der Waals surface area contributed by atoms with Crippen LogP contribution in [0, 0.1) is 0 Å². The van der Waals surface area contributed by atoms with Crippen molar-refractivity contribution >= 4 is 11.5 Å². The second kappa shape index (κ2) is 13.1. The third-order valence-electron chi connectivity index (χ3n) is 6.48. The zero-order valence-corrected chi connectivity index (χ0v) is 21.4. The summed E-state index contributed by atoms with van der Waals surface area (Å²) in [7, 11) is 0. The molecule has 0 bridgehead atoms. The van der Waals surface area contributed by atoms with E-state index in [-0.39, 0.29) is 5.97 Å². The van der Waals surface area contributed by atoms with Crippen molar-refractivity contribution in [2.75, 3.05) is 19.8 Å². The average Bonchev–Trinajstić information content (AvgIpc) is 3.23. The van der Waals surface area contributed by atoms with E-state index in [2.05, 4.69) is 61.5 Å². The number of hydrogen-bond donors (Lipinski definition) is 0. The molecular formula is C32H36O4. The standard InChI is InChI=1S/C32H36O4/c1-3-5-6-11-21-36-32(33)31(34-4-2)23-24-16-18-25(19-17-24)35-22-20-30-28-14-9-7-12-26(28)27-13-8-10-15-29(27)30/h7-10,12-20,31H,3-6,11,21-23H2,1-2H3. The van der Waals surface area contributed by atoms with Gasteiger partial charge in [0, 0.05) is 13.0 Å². The molecule has 1 aliphatic carbocycles. The molecule has 188 valence electrons. The fraction of sp³-hybridized carbons (Fsp3) is 0.344. The summed E-state index contributed by atoms with van der Waals surface area (Å²) in [5.41, 5.74) is 7.26. The van der Waals surface area contributed by atoms with E-state index in [4.69, 9.17) is 14.2 Å². The minimum absolute atomic E-state index is 0.280. The minimum atomic E-state index is -0.583. The van der Waals surface area contributed by atoms with Crippen LogP contribution in [-0.2, 0) is 20.7 Å². The van der Waals surface area contributed by atoms with E-state index in [1.165, 1.54) is 34.2 Å². The van der Waals surface area contributed by atoms with Gasteiger partial charge in [0.05, 0.1) is 6.61 Å². The van der Waals surface area contributed by atoms with Crippen molar-refractivity contribution in [3.8, 4) is 16.9 Å². The van der Waals surface area contributed by atoms with Crippen LogP contribution in [0.3, 0.4) is 0 Å². The lowest BCUT2D eigenvalue weighted by Gasteiger charge is -2.16. The molecule has 1 unspecified atom stereocenters. The van der Waals surface area contributed by atoms with Gasteiger partial charge in [0.15, 0.2) is 6.10 Å². The normalized spacial score (nSPS) is 12.6. The molecule has 0 saturated heterocycles. The molecule has 0 amide bonds. The molecule has 3 aromatic carbocycles. The van der Waals surface area contributed by atoms with Gasteiger partial charge in [-0.25, -0.2) is 4.79 Å². The monoisotopic (exact) mass is 484 g/mol. The van der Waals surface area contributed by atoms with Gasteiger partial charge in [-0.1, -0.05) is 86.8 Å². The van der Waals surface area contributed by atoms with Gasteiger partial charge in [0.1, 0.15) is 12.4 Å². The molecule has 36 heavy (non-hydrogen) atoms. The van der Waals surface area contributed by atoms with Crippen molar-refractivity contribution in [3.63, 3.8) is 0 Å². The second-order valence-corrected chi connectivity index (χ2v) is 9.04. The van der Waals surface area contributed by atoms with Gasteiger partial charge in [0.2, 0.25) is 0 Å². The number of fused-ring (bicyclic) bond motifs is 3.